The second kappa shape index (κ2) is 13.0. The summed E-state index contributed by atoms with van der Waals surface area (Å²) < 4.78 is 12.8. The van der Waals surface area contributed by atoms with Crippen LogP contribution in [0.3, 0.4) is 0 Å². The lowest BCUT2D eigenvalue weighted by Gasteiger charge is -2.18. The zero-order valence-corrected chi connectivity index (χ0v) is 19.9. The fraction of sp³-hybridized carbons (Fsp3) is 0.261. The second-order valence-corrected chi connectivity index (χ2v) is 7.57. The molecule has 4 N–H and O–H groups in total. The van der Waals surface area contributed by atoms with E-state index >= 15 is 0 Å². The summed E-state index contributed by atoms with van der Waals surface area (Å²) in [6, 6.07) is 6.05. The minimum absolute atomic E-state index is 0.160. The van der Waals surface area contributed by atoms with Gasteiger partial charge in [-0.25, -0.2) is 9.37 Å². The van der Waals surface area contributed by atoms with E-state index in [2.05, 4.69) is 25.5 Å². The Bertz CT molecular complexity index is 1180. The van der Waals surface area contributed by atoms with Crippen molar-refractivity contribution >= 4 is 52.0 Å². The summed E-state index contributed by atoms with van der Waals surface area (Å²) in [5, 5.41) is 10.5. The van der Waals surface area contributed by atoms with Crippen LogP contribution < -0.4 is 11.1 Å². The van der Waals surface area contributed by atoms with Gasteiger partial charge in [0.2, 0.25) is 12.3 Å². The standard InChI is InChI=1S/C15H18ClFN2O.C8H9N5O/c1-3-4-14(16)15(18-2)10-19(11-20)9-12-5-7-13(17)8-6-12;1-4(14)12-6-3-10-8(9)5-2-11-13-7(5)6/h4-8,11H,3,9-10H2,1-2H3;2-3H,1H3,(H2,9,10)(H,11,13)(H,12,14)/b14-4+,18-15?;. The van der Waals surface area contributed by atoms with Crippen molar-refractivity contribution in [3.8, 4) is 0 Å². The topological polar surface area (TPSA) is 129 Å². The molecule has 0 aliphatic rings. The second-order valence-electron chi connectivity index (χ2n) is 7.16. The minimum atomic E-state index is -0.295. The third kappa shape index (κ3) is 7.66. The van der Waals surface area contributed by atoms with Gasteiger partial charge in [-0.1, -0.05) is 36.7 Å². The lowest BCUT2D eigenvalue weighted by Crippen LogP contribution is -2.28. The molecular weight excluding hydrogens is 461 g/mol. The molecule has 1 aromatic carbocycles. The maximum absolute atomic E-state index is 12.8. The number of aromatic nitrogens is 3. The maximum Gasteiger partial charge on any atom is 0.221 e. The van der Waals surface area contributed by atoms with Crippen LogP contribution in [-0.4, -0.2) is 51.7 Å². The number of pyridine rings is 1. The van der Waals surface area contributed by atoms with E-state index in [4.69, 9.17) is 17.3 Å². The van der Waals surface area contributed by atoms with Crippen molar-refractivity contribution in [1.29, 1.82) is 0 Å². The third-order valence-electron chi connectivity index (χ3n) is 4.56. The molecule has 0 aliphatic heterocycles. The van der Waals surface area contributed by atoms with Crippen molar-refractivity contribution < 1.29 is 14.0 Å². The van der Waals surface area contributed by atoms with E-state index in [-0.39, 0.29) is 11.7 Å². The molecule has 0 unspecified atom stereocenters. The number of aromatic amines is 1. The number of allylic oxidation sites excluding steroid dienone is 1. The summed E-state index contributed by atoms with van der Waals surface area (Å²) >= 11 is 6.11. The molecule has 0 atom stereocenters. The first-order chi connectivity index (χ1) is 16.3. The van der Waals surface area contributed by atoms with E-state index in [1.165, 1.54) is 25.3 Å². The van der Waals surface area contributed by atoms with E-state index in [0.717, 1.165) is 18.4 Å². The maximum atomic E-state index is 12.8. The highest BCUT2D eigenvalue weighted by Gasteiger charge is 2.10. The predicted octanol–water partition coefficient (Wildman–Crippen LogP) is 3.89. The molecule has 0 aliphatic carbocycles. The number of carbonyl (C=O) groups excluding carboxylic acids is 2. The Hall–Kier alpha value is -3.79. The molecule has 3 aromatic rings. The molecule has 2 heterocycles. The van der Waals surface area contributed by atoms with Crippen LogP contribution in [0.1, 0.15) is 25.8 Å². The fourth-order valence-electron chi connectivity index (χ4n) is 2.94. The summed E-state index contributed by atoms with van der Waals surface area (Å²) in [5.74, 6) is -0.0635. The van der Waals surface area contributed by atoms with E-state index in [1.54, 1.807) is 30.3 Å². The van der Waals surface area contributed by atoms with Crippen LogP contribution >= 0.6 is 11.6 Å². The van der Waals surface area contributed by atoms with Gasteiger partial charge in [-0.15, -0.1) is 0 Å². The molecule has 0 bridgehead atoms. The molecule has 2 amide bonds. The van der Waals surface area contributed by atoms with Gasteiger partial charge in [0.25, 0.3) is 0 Å². The Morgan fingerprint density at radius 1 is 1.32 bits per heavy atom. The largest absolute Gasteiger partial charge is 0.383 e. The van der Waals surface area contributed by atoms with Crippen LogP contribution in [-0.2, 0) is 16.1 Å². The van der Waals surface area contributed by atoms with Crippen LogP contribution in [0.2, 0.25) is 0 Å². The Kier molecular flexibility index (Phi) is 10.2. The monoisotopic (exact) mass is 487 g/mol. The van der Waals surface area contributed by atoms with Crippen molar-refractivity contribution in [2.24, 2.45) is 4.99 Å². The lowest BCUT2D eigenvalue weighted by molar-refractivity contribution is -0.118. The Morgan fingerprint density at radius 2 is 2.03 bits per heavy atom. The number of nitrogens with two attached hydrogens (primary N) is 1. The molecule has 11 heteroatoms. The summed E-state index contributed by atoms with van der Waals surface area (Å²) in [7, 11) is 1.64. The van der Waals surface area contributed by atoms with E-state index in [1.807, 2.05) is 13.0 Å². The van der Waals surface area contributed by atoms with Crippen LogP contribution in [0, 0.1) is 5.82 Å². The number of carbonyl (C=O) groups is 2. The summed E-state index contributed by atoms with van der Waals surface area (Å²) in [4.78, 5) is 31.6. The third-order valence-corrected chi connectivity index (χ3v) is 4.93. The summed E-state index contributed by atoms with van der Waals surface area (Å²) in [5.41, 5.74) is 8.39. The number of nitrogens with zero attached hydrogens (tertiary/aromatic N) is 4. The fourth-order valence-corrected chi connectivity index (χ4v) is 3.23. The molecule has 0 spiro atoms. The van der Waals surface area contributed by atoms with E-state index < -0.39 is 0 Å². The Morgan fingerprint density at radius 3 is 2.62 bits per heavy atom. The molecule has 9 nitrogen and oxygen atoms in total. The average molecular weight is 488 g/mol. The van der Waals surface area contributed by atoms with Gasteiger partial charge in [0.15, 0.2) is 0 Å². The van der Waals surface area contributed by atoms with Crippen molar-refractivity contribution in [2.45, 2.75) is 26.8 Å². The number of anilines is 2. The zero-order chi connectivity index (χ0) is 25.1. The zero-order valence-electron chi connectivity index (χ0n) is 19.2. The van der Waals surface area contributed by atoms with Gasteiger partial charge in [0.05, 0.1) is 46.3 Å². The highest BCUT2D eigenvalue weighted by molar-refractivity contribution is 6.43. The highest BCUT2D eigenvalue weighted by atomic mass is 35.5. The number of amides is 2. The first kappa shape index (κ1) is 26.5. The first-order valence-corrected chi connectivity index (χ1v) is 10.8. The molecule has 180 valence electrons. The van der Waals surface area contributed by atoms with E-state index in [0.29, 0.717) is 46.2 Å². The SMILES string of the molecule is CC(=O)Nc1cnc(N)c2cn[nH]c12.CC/C=C(/Cl)C(CN(C=O)Cc1ccc(F)cc1)=NC. The molecule has 0 saturated heterocycles. The normalized spacial score (nSPS) is 11.6. The van der Waals surface area contributed by atoms with Crippen LogP contribution in [0.15, 0.2) is 52.8 Å². The number of benzene rings is 1. The molecule has 34 heavy (non-hydrogen) atoms. The summed E-state index contributed by atoms with van der Waals surface area (Å²) in [6.07, 6.45) is 6.46. The summed E-state index contributed by atoms with van der Waals surface area (Å²) in [6.45, 7) is 4.12. The number of hydrogen-bond acceptors (Lipinski definition) is 6. The van der Waals surface area contributed by atoms with E-state index in [9.17, 15) is 14.0 Å². The lowest BCUT2D eigenvalue weighted by atomic mass is 10.2. The van der Waals surface area contributed by atoms with Gasteiger partial charge in [-0.3, -0.25) is 19.7 Å². The van der Waals surface area contributed by atoms with Crippen molar-refractivity contribution in [2.75, 3.05) is 24.6 Å². The molecule has 2 aromatic heterocycles. The smallest absolute Gasteiger partial charge is 0.221 e. The number of fused-ring (bicyclic) bond motifs is 1. The number of hydrogen-bond donors (Lipinski definition) is 3. The van der Waals surface area contributed by atoms with Gasteiger partial charge < -0.3 is 16.0 Å². The van der Waals surface area contributed by atoms with Crippen molar-refractivity contribution in [3.63, 3.8) is 0 Å². The highest BCUT2D eigenvalue weighted by Crippen LogP contribution is 2.23. The van der Waals surface area contributed by atoms with Gasteiger partial charge in [0, 0.05) is 20.5 Å². The Balaban J connectivity index is 0.000000254. The number of rotatable bonds is 8. The number of H-pyrrole nitrogens is 1. The quantitative estimate of drug-likeness (QED) is 0.328. The Labute approximate surface area is 201 Å². The van der Waals surface area contributed by atoms with Crippen LogP contribution in [0.4, 0.5) is 15.9 Å². The minimum Gasteiger partial charge on any atom is -0.383 e. The van der Waals surface area contributed by atoms with Gasteiger partial charge in [-0.05, 0) is 24.1 Å². The average Bonchev–Trinajstić information content (AvgIpc) is 3.31. The molecule has 0 radical (unpaired) electrons. The predicted molar refractivity (Wildman–Crippen MR) is 133 cm³/mol. The van der Waals surface area contributed by atoms with Crippen LogP contribution in [0.5, 0.6) is 0 Å². The first-order valence-electron chi connectivity index (χ1n) is 10.4. The van der Waals surface area contributed by atoms with Crippen molar-refractivity contribution in [1.82, 2.24) is 20.1 Å². The number of halogens is 2. The number of nitrogen functional groups attached to an aromatic ring is 1. The molecular formula is C23H27ClFN7O2. The molecule has 0 saturated carbocycles. The van der Waals surface area contributed by atoms with Gasteiger partial charge in [0.1, 0.15) is 11.6 Å². The molecule has 0 fully saturated rings. The van der Waals surface area contributed by atoms with Crippen molar-refractivity contribution in [3.05, 3.63) is 59.1 Å². The van der Waals surface area contributed by atoms with Gasteiger partial charge in [-0.2, -0.15) is 5.10 Å². The number of nitrogens with one attached hydrogen (secondary N) is 2. The molecule has 3 rings (SSSR count). The number of aliphatic imine (C=N–C) groups is 1. The van der Waals surface area contributed by atoms with Gasteiger partial charge >= 0.3 is 0 Å². The van der Waals surface area contributed by atoms with Crippen LogP contribution in [0.25, 0.3) is 10.9 Å².